The normalized spacial score (nSPS) is 17.9. The van der Waals surface area contributed by atoms with E-state index in [2.05, 4.69) is 26.5 Å². The highest BCUT2D eigenvalue weighted by atomic mass is 35.5. The van der Waals surface area contributed by atoms with Gasteiger partial charge in [-0.15, -0.1) is 5.10 Å². The van der Waals surface area contributed by atoms with Crippen LogP contribution in [-0.2, 0) is 4.79 Å². The molecule has 0 spiro atoms. The molecule has 17 heteroatoms. The number of nitrogens with zero attached hydrogens (tertiary/aromatic N) is 7. The molecule has 1 aliphatic rings. The molecule has 1 aliphatic heterocycles. The van der Waals surface area contributed by atoms with Crippen LogP contribution in [0.1, 0.15) is 35.3 Å². The number of fused-ring (bicyclic) bond motifs is 2. The molecule has 5 heterocycles. The smallest absolute Gasteiger partial charge is 0.475 e. The molecule has 1 saturated heterocycles. The molecule has 4 aromatic rings. The first-order chi connectivity index (χ1) is 19.3. The number of nitriles is 1. The summed E-state index contributed by atoms with van der Waals surface area (Å²) in [7, 11) is 0. The second-order valence-electron chi connectivity index (χ2n) is 9.19. The fourth-order valence-corrected chi connectivity index (χ4v) is 4.77. The second-order valence-corrected chi connectivity index (χ2v) is 9.59. The fourth-order valence-electron chi connectivity index (χ4n) is 4.52. The molecular formula is C24H23ClF3N9O4. The number of rotatable bonds is 4. The van der Waals surface area contributed by atoms with Crippen LogP contribution >= 0.6 is 11.6 Å². The molecule has 3 atom stereocenters. The van der Waals surface area contributed by atoms with Crippen LogP contribution in [0.3, 0.4) is 0 Å². The molecule has 13 nitrogen and oxygen atoms in total. The van der Waals surface area contributed by atoms with Gasteiger partial charge in [0.1, 0.15) is 17.7 Å². The lowest BCUT2D eigenvalue weighted by Crippen LogP contribution is -2.44. The summed E-state index contributed by atoms with van der Waals surface area (Å²) in [5.74, 6) is -2.75. The third-order valence-corrected chi connectivity index (χ3v) is 6.57. The van der Waals surface area contributed by atoms with E-state index in [1.165, 1.54) is 4.52 Å². The number of anilines is 2. The Kier molecular flexibility index (Phi) is 8.22. The number of alkyl halides is 3. The first kappa shape index (κ1) is 29.4. The quantitative estimate of drug-likeness (QED) is 0.274. The van der Waals surface area contributed by atoms with Gasteiger partial charge in [0, 0.05) is 31.0 Å². The van der Waals surface area contributed by atoms with E-state index >= 15 is 0 Å². The molecule has 5 N–H and O–H groups in total. The number of carboxylic acids is 1. The molecule has 1 fully saturated rings. The maximum Gasteiger partial charge on any atom is 0.490 e. The molecule has 0 radical (unpaired) electrons. The number of pyridine rings is 1. The van der Waals surface area contributed by atoms with E-state index in [1.807, 2.05) is 16.2 Å². The number of aliphatic carboxylic acids is 1. The molecule has 1 amide bonds. The van der Waals surface area contributed by atoms with Crippen molar-refractivity contribution in [2.45, 2.75) is 31.7 Å². The summed E-state index contributed by atoms with van der Waals surface area (Å²) in [6, 6.07) is 5.22. The van der Waals surface area contributed by atoms with Crippen LogP contribution in [0.5, 0.6) is 0 Å². The number of aliphatic hydroxyl groups excluding tert-OH is 1. The van der Waals surface area contributed by atoms with Gasteiger partial charge in [0.2, 0.25) is 0 Å². The van der Waals surface area contributed by atoms with E-state index < -0.39 is 30.2 Å². The number of aromatic nitrogens is 5. The third kappa shape index (κ3) is 6.10. The first-order valence-electron chi connectivity index (χ1n) is 12.0. The largest absolute Gasteiger partial charge is 0.490 e. The van der Waals surface area contributed by atoms with Crippen LogP contribution in [0, 0.1) is 17.2 Å². The van der Waals surface area contributed by atoms with Gasteiger partial charge in [-0.2, -0.15) is 18.4 Å². The Morgan fingerprint density at radius 2 is 2.05 bits per heavy atom. The third-order valence-electron chi connectivity index (χ3n) is 6.27. The number of carbonyl (C=O) groups is 2. The van der Waals surface area contributed by atoms with Crippen LogP contribution in [-0.4, -0.2) is 71.4 Å². The minimum absolute atomic E-state index is 0.0720. The van der Waals surface area contributed by atoms with Crippen molar-refractivity contribution in [3.8, 4) is 6.07 Å². The number of piperidine rings is 1. The molecule has 4 aromatic heterocycles. The Balaban J connectivity index is 0.000000493. The standard InChI is InChI=1S/C22H22ClN9O2.C2HF3O2/c1-12(28-21(34)18-19(25)29-32-4-2-3-27-20(18)32)15-6-16(23)17-8-26-11-31(17)22(15)30-9-13(7-24)5-14(33)10-30;3-2(4,5)1(6)7/h2-4,6,8,11-14,33H,5,9-10H2,1H3,(H2,25,29)(H,28,34);(H,6,7)/t12?,13-,14+;/m0./s1. The van der Waals surface area contributed by atoms with Crippen molar-refractivity contribution in [3.05, 3.63) is 53.2 Å². The number of nitrogens with one attached hydrogen (secondary N) is 1. The Hall–Kier alpha value is -4.62. The zero-order chi connectivity index (χ0) is 30.1. The lowest BCUT2D eigenvalue weighted by molar-refractivity contribution is -0.192. The minimum Gasteiger partial charge on any atom is -0.475 e. The van der Waals surface area contributed by atoms with Gasteiger partial charge >= 0.3 is 12.1 Å². The lowest BCUT2D eigenvalue weighted by Gasteiger charge is -2.37. The maximum atomic E-state index is 13.2. The number of β-amino-alcohol motifs (C(OH)–C–C–N with tert-alkyl or cyclic N) is 1. The van der Waals surface area contributed by atoms with E-state index in [0.717, 1.165) is 0 Å². The number of carbonyl (C=O) groups excluding carboxylic acids is 1. The highest BCUT2D eigenvalue weighted by Crippen LogP contribution is 2.35. The van der Waals surface area contributed by atoms with Crippen molar-refractivity contribution in [3.63, 3.8) is 0 Å². The molecule has 0 aromatic carbocycles. The molecular weight excluding hydrogens is 571 g/mol. The number of amides is 1. The summed E-state index contributed by atoms with van der Waals surface area (Å²) in [4.78, 5) is 32.5. The van der Waals surface area contributed by atoms with E-state index in [9.17, 15) is 28.3 Å². The van der Waals surface area contributed by atoms with Crippen LogP contribution < -0.4 is 16.0 Å². The van der Waals surface area contributed by atoms with Gasteiger partial charge in [-0.3, -0.25) is 9.20 Å². The maximum absolute atomic E-state index is 13.2. The minimum atomic E-state index is -5.08. The van der Waals surface area contributed by atoms with Crippen molar-refractivity contribution >= 4 is 46.3 Å². The van der Waals surface area contributed by atoms with Gasteiger partial charge in [0.25, 0.3) is 5.91 Å². The Morgan fingerprint density at radius 1 is 1.34 bits per heavy atom. The Morgan fingerprint density at radius 3 is 2.71 bits per heavy atom. The van der Waals surface area contributed by atoms with Crippen molar-refractivity contribution in [1.82, 2.24) is 29.3 Å². The second kappa shape index (κ2) is 11.5. The number of halogens is 4. The van der Waals surface area contributed by atoms with Gasteiger partial charge in [0.15, 0.2) is 11.5 Å². The number of nitrogens with two attached hydrogens (primary N) is 1. The SMILES string of the molecule is CC(NC(=O)c1c(N)nn2cccnc12)c1cc(Cl)c2cncn2c1N1C[C@H](O)C[C@@H](C#N)C1.O=C(O)C(F)(F)F. The van der Waals surface area contributed by atoms with Gasteiger partial charge in [-0.25, -0.2) is 19.3 Å². The summed E-state index contributed by atoms with van der Waals surface area (Å²) in [6.45, 7) is 2.60. The predicted octanol–water partition coefficient (Wildman–Crippen LogP) is 2.45. The average Bonchev–Trinajstić information content (AvgIpc) is 3.52. The zero-order valence-electron chi connectivity index (χ0n) is 21.2. The van der Waals surface area contributed by atoms with Crippen molar-refractivity contribution in [2.75, 3.05) is 23.7 Å². The van der Waals surface area contributed by atoms with E-state index in [4.69, 9.17) is 27.2 Å². The number of carboxylic acid groups (broad SMARTS) is 1. The number of nitrogen functional groups attached to an aromatic ring is 1. The van der Waals surface area contributed by atoms with Gasteiger partial charge in [0.05, 0.1) is 40.9 Å². The summed E-state index contributed by atoms with van der Waals surface area (Å²) >= 11 is 6.55. The van der Waals surface area contributed by atoms with Crippen molar-refractivity contribution in [1.29, 1.82) is 5.26 Å². The molecule has 0 saturated carbocycles. The summed E-state index contributed by atoms with van der Waals surface area (Å²) in [5, 5.41) is 34.6. The van der Waals surface area contributed by atoms with Crippen molar-refractivity contribution < 1.29 is 33.0 Å². The molecule has 0 bridgehead atoms. The van der Waals surface area contributed by atoms with E-state index in [1.54, 1.807) is 37.1 Å². The summed E-state index contributed by atoms with van der Waals surface area (Å²) < 4.78 is 35.0. The van der Waals surface area contributed by atoms with E-state index in [0.29, 0.717) is 47.1 Å². The molecule has 41 heavy (non-hydrogen) atoms. The Bertz CT molecular complexity index is 1650. The molecule has 216 valence electrons. The number of imidazole rings is 1. The molecule has 1 unspecified atom stereocenters. The zero-order valence-corrected chi connectivity index (χ0v) is 22.0. The summed E-state index contributed by atoms with van der Waals surface area (Å²) in [5.41, 5.74) is 7.94. The number of hydrogen-bond donors (Lipinski definition) is 4. The van der Waals surface area contributed by atoms with Gasteiger partial charge in [-0.05, 0) is 25.5 Å². The monoisotopic (exact) mass is 593 g/mol. The summed E-state index contributed by atoms with van der Waals surface area (Å²) in [6.07, 6.45) is 1.17. The van der Waals surface area contributed by atoms with Crippen molar-refractivity contribution in [2.24, 2.45) is 5.92 Å². The number of hydrogen-bond acceptors (Lipinski definition) is 9. The number of aliphatic hydroxyl groups is 1. The predicted molar refractivity (Wildman–Crippen MR) is 139 cm³/mol. The molecule has 0 aliphatic carbocycles. The first-order valence-corrected chi connectivity index (χ1v) is 12.4. The highest BCUT2D eigenvalue weighted by molar-refractivity contribution is 6.34. The highest BCUT2D eigenvalue weighted by Gasteiger charge is 2.38. The van der Waals surface area contributed by atoms with Crippen LogP contribution in [0.2, 0.25) is 5.02 Å². The van der Waals surface area contributed by atoms with Crippen LogP contribution in [0.25, 0.3) is 11.2 Å². The fraction of sp³-hybridized carbons (Fsp3) is 0.333. The van der Waals surface area contributed by atoms with Gasteiger partial charge < -0.3 is 26.2 Å². The van der Waals surface area contributed by atoms with Crippen LogP contribution in [0.4, 0.5) is 24.8 Å². The molecule has 5 rings (SSSR count). The van der Waals surface area contributed by atoms with Crippen LogP contribution in [0.15, 0.2) is 37.1 Å². The van der Waals surface area contributed by atoms with Gasteiger partial charge in [-0.1, -0.05) is 11.6 Å². The van der Waals surface area contributed by atoms with E-state index in [-0.39, 0.29) is 17.3 Å². The topological polar surface area (TPSA) is 187 Å². The average molecular weight is 594 g/mol. The lowest BCUT2D eigenvalue weighted by atomic mass is 9.96. The Labute approximate surface area is 234 Å².